The standard InChI is InChI=1S/C17H24N2O3S/c1-3-7-15(2)17(20)18-10-12-19(13-11-18)23(21,22)14-16-8-5-4-6-9-16/h4-9H,3,10-14H2,1-2H3. The zero-order chi connectivity index (χ0) is 16.9. The minimum Gasteiger partial charge on any atom is -0.336 e. The summed E-state index contributed by atoms with van der Waals surface area (Å²) in [6.45, 7) is 5.42. The van der Waals surface area contributed by atoms with Gasteiger partial charge in [0.1, 0.15) is 0 Å². The Morgan fingerprint density at radius 2 is 1.74 bits per heavy atom. The number of benzene rings is 1. The normalized spacial score (nSPS) is 17.3. The van der Waals surface area contributed by atoms with Crippen molar-refractivity contribution >= 4 is 15.9 Å². The van der Waals surface area contributed by atoms with Gasteiger partial charge in [-0.1, -0.05) is 43.3 Å². The van der Waals surface area contributed by atoms with Crippen molar-refractivity contribution in [2.45, 2.75) is 26.0 Å². The van der Waals surface area contributed by atoms with Crippen LogP contribution in [0.2, 0.25) is 0 Å². The first kappa shape index (κ1) is 17.7. The van der Waals surface area contributed by atoms with Gasteiger partial charge in [-0.2, -0.15) is 4.31 Å². The first-order valence-electron chi connectivity index (χ1n) is 7.92. The lowest BCUT2D eigenvalue weighted by atomic mass is 10.2. The largest absolute Gasteiger partial charge is 0.336 e. The van der Waals surface area contributed by atoms with Gasteiger partial charge < -0.3 is 4.90 Å². The van der Waals surface area contributed by atoms with Crippen molar-refractivity contribution in [1.29, 1.82) is 0 Å². The maximum Gasteiger partial charge on any atom is 0.249 e. The molecule has 0 atom stereocenters. The van der Waals surface area contributed by atoms with Gasteiger partial charge in [0, 0.05) is 31.8 Å². The second-order valence-corrected chi connectivity index (χ2v) is 7.70. The number of carbonyl (C=O) groups excluding carboxylic acids is 1. The first-order valence-corrected chi connectivity index (χ1v) is 9.52. The lowest BCUT2D eigenvalue weighted by Crippen LogP contribution is -2.50. The molecule has 1 aliphatic heterocycles. The lowest BCUT2D eigenvalue weighted by molar-refractivity contribution is -0.128. The Balaban J connectivity index is 1.96. The number of hydrogen-bond acceptors (Lipinski definition) is 3. The molecule has 1 saturated heterocycles. The molecule has 1 aromatic rings. The summed E-state index contributed by atoms with van der Waals surface area (Å²) in [4.78, 5) is 14.0. The first-order chi connectivity index (χ1) is 10.9. The molecule has 0 bridgehead atoms. The van der Waals surface area contributed by atoms with Crippen molar-refractivity contribution in [3.05, 3.63) is 47.5 Å². The van der Waals surface area contributed by atoms with Gasteiger partial charge in [0.25, 0.3) is 0 Å². The molecule has 1 amide bonds. The average molecular weight is 336 g/mol. The van der Waals surface area contributed by atoms with Gasteiger partial charge in [0.2, 0.25) is 15.9 Å². The molecule has 2 rings (SSSR count). The molecule has 0 unspecified atom stereocenters. The number of amides is 1. The monoisotopic (exact) mass is 336 g/mol. The van der Waals surface area contributed by atoms with Crippen LogP contribution in [0.4, 0.5) is 0 Å². The van der Waals surface area contributed by atoms with E-state index in [1.807, 2.05) is 50.3 Å². The SMILES string of the molecule is CCC=C(C)C(=O)N1CCN(S(=O)(=O)Cc2ccccc2)CC1. The van der Waals surface area contributed by atoms with Gasteiger partial charge in [-0.05, 0) is 18.9 Å². The van der Waals surface area contributed by atoms with E-state index in [4.69, 9.17) is 0 Å². The molecule has 23 heavy (non-hydrogen) atoms. The van der Waals surface area contributed by atoms with Crippen LogP contribution in [0.15, 0.2) is 42.0 Å². The third-order valence-corrected chi connectivity index (χ3v) is 5.81. The maximum absolute atomic E-state index is 12.5. The molecule has 1 heterocycles. The van der Waals surface area contributed by atoms with Crippen LogP contribution in [0.25, 0.3) is 0 Å². The molecule has 0 saturated carbocycles. The molecule has 0 N–H and O–H groups in total. The van der Waals surface area contributed by atoms with E-state index in [2.05, 4.69) is 0 Å². The fraction of sp³-hybridized carbons (Fsp3) is 0.471. The Labute approximate surface area is 138 Å². The van der Waals surface area contributed by atoms with Gasteiger partial charge in [0.15, 0.2) is 0 Å². The minimum atomic E-state index is -3.34. The van der Waals surface area contributed by atoms with Gasteiger partial charge in [-0.15, -0.1) is 0 Å². The molecule has 5 nitrogen and oxygen atoms in total. The summed E-state index contributed by atoms with van der Waals surface area (Å²) in [5, 5.41) is 0. The highest BCUT2D eigenvalue weighted by Crippen LogP contribution is 2.15. The Kier molecular flexibility index (Phi) is 5.96. The van der Waals surface area contributed by atoms with Crippen LogP contribution in [-0.2, 0) is 20.6 Å². The Hall–Kier alpha value is -1.66. The predicted molar refractivity (Wildman–Crippen MR) is 91.3 cm³/mol. The van der Waals surface area contributed by atoms with Crippen LogP contribution in [0.3, 0.4) is 0 Å². The number of piperazine rings is 1. The van der Waals surface area contributed by atoms with Crippen molar-refractivity contribution in [2.75, 3.05) is 26.2 Å². The molecule has 0 aliphatic carbocycles. The van der Waals surface area contributed by atoms with Crippen LogP contribution < -0.4 is 0 Å². The fourth-order valence-corrected chi connectivity index (χ4v) is 4.20. The fourth-order valence-electron chi connectivity index (χ4n) is 2.69. The van der Waals surface area contributed by atoms with E-state index in [0.29, 0.717) is 26.2 Å². The highest BCUT2D eigenvalue weighted by Gasteiger charge is 2.29. The molecule has 0 aromatic heterocycles. The summed E-state index contributed by atoms with van der Waals surface area (Å²) in [5.74, 6) is 0.0169. The van der Waals surface area contributed by atoms with Crippen molar-refractivity contribution in [3.8, 4) is 0 Å². The Morgan fingerprint density at radius 1 is 1.13 bits per heavy atom. The minimum absolute atomic E-state index is 0.00644. The lowest BCUT2D eigenvalue weighted by Gasteiger charge is -2.34. The topological polar surface area (TPSA) is 57.7 Å². The third kappa shape index (κ3) is 4.65. The molecule has 126 valence electrons. The third-order valence-electron chi connectivity index (χ3n) is 3.96. The highest BCUT2D eigenvalue weighted by molar-refractivity contribution is 7.88. The zero-order valence-electron chi connectivity index (χ0n) is 13.7. The number of carbonyl (C=O) groups is 1. The average Bonchev–Trinajstić information content (AvgIpc) is 2.55. The van der Waals surface area contributed by atoms with E-state index >= 15 is 0 Å². The van der Waals surface area contributed by atoms with E-state index in [-0.39, 0.29) is 11.7 Å². The van der Waals surface area contributed by atoms with Crippen LogP contribution in [0.1, 0.15) is 25.8 Å². The van der Waals surface area contributed by atoms with E-state index < -0.39 is 10.0 Å². The summed E-state index contributed by atoms with van der Waals surface area (Å²) >= 11 is 0. The van der Waals surface area contributed by atoms with E-state index in [0.717, 1.165) is 17.6 Å². The van der Waals surface area contributed by atoms with E-state index in [1.165, 1.54) is 4.31 Å². The van der Waals surface area contributed by atoms with Gasteiger partial charge in [-0.25, -0.2) is 8.42 Å². The van der Waals surface area contributed by atoms with Gasteiger partial charge >= 0.3 is 0 Å². The number of sulfonamides is 1. The summed E-state index contributed by atoms with van der Waals surface area (Å²) in [5.41, 5.74) is 1.51. The van der Waals surface area contributed by atoms with E-state index in [1.54, 1.807) is 4.90 Å². The number of hydrogen-bond donors (Lipinski definition) is 0. The number of allylic oxidation sites excluding steroid dienone is 1. The molecular weight excluding hydrogens is 312 g/mol. The molecule has 1 fully saturated rings. The second-order valence-electron chi connectivity index (χ2n) is 5.73. The van der Waals surface area contributed by atoms with Crippen LogP contribution in [0, 0.1) is 0 Å². The highest BCUT2D eigenvalue weighted by atomic mass is 32.2. The Bertz CT molecular complexity index is 660. The molecular formula is C17H24N2O3S. The molecule has 1 aromatic carbocycles. The van der Waals surface area contributed by atoms with Gasteiger partial charge in [0.05, 0.1) is 5.75 Å². The van der Waals surface area contributed by atoms with Crippen molar-refractivity contribution < 1.29 is 13.2 Å². The smallest absolute Gasteiger partial charge is 0.249 e. The number of rotatable bonds is 5. The van der Waals surface area contributed by atoms with Crippen LogP contribution in [-0.4, -0.2) is 49.7 Å². The van der Waals surface area contributed by atoms with Crippen molar-refractivity contribution in [3.63, 3.8) is 0 Å². The van der Waals surface area contributed by atoms with E-state index in [9.17, 15) is 13.2 Å². The van der Waals surface area contributed by atoms with Crippen LogP contribution >= 0.6 is 0 Å². The second kappa shape index (κ2) is 7.75. The Morgan fingerprint density at radius 3 is 2.30 bits per heavy atom. The van der Waals surface area contributed by atoms with Crippen molar-refractivity contribution in [2.24, 2.45) is 0 Å². The summed E-state index contributed by atoms with van der Waals surface area (Å²) in [7, 11) is -3.34. The summed E-state index contributed by atoms with van der Waals surface area (Å²) < 4.78 is 26.4. The van der Waals surface area contributed by atoms with Gasteiger partial charge in [-0.3, -0.25) is 4.79 Å². The van der Waals surface area contributed by atoms with Crippen LogP contribution in [0.5, 0.6) is 0 Å². The quantitative estimate of drug-likeness (QED) is 0.773. The summed E-state index contributed by atoms with van der Waals surface area (Å²) in [6.07, 6.45) is 2.73. The molecule has 0 spiro atoms. The number of nitrogens with zero attached hydrogens (tertiary/aromatic N) is 2. The molecule has 1 aliphatic rings. The van der Waals surface area contributed by atoms with Crippen molar-refractivity contribution in [1.82, 2.24) is 9.21 Å². The molecule has 0 radical (unpaired) electrons. The predicted octanol–water partition coefficient (Wildman–Crippen LogP) is 2.02. The zero-order valence-corrected chi connectivity index (χ0v) is 14.6. The maximum atomic E-state index is 12.5. The molecule has 6 heteroatoms. The summed E-state index contributed by atoms with van der Waals surface area (Å²) in [6, 6.07) is 9.17.